The van der Waals surface area contributed by atoms with Gasteiger partial charge in [0.1, 0.15) is 5.70 Å². The van der Waals surface area contributed by atoms with E-state index in [9.17, 15) is 9.59 Å². The number of hydrogen-bond donors (Lipinski definition) is 2. The summed E-state index contributed by atoms with van der Waals surface area (Å²) >= 11 is 15.1. The minimum absolute atomic E-state index is 0.154. The van der Waals surface area contributed by atoms with Crippen molar-refractivity contribution in [2.45, 2.75) is 5.75 Å². The van der Waals surface area contributed by atoms with Crippen LogP contribution in [0.5, 0.6) is 11.5 Å². The highest BCUT2D eigenvalue weighted by Gasteiger charge is 2.16. The maximum Gasteiger partial charge on any atom is 0.267 e. The molecule has 0 radical (unpaired) electrons. The molecule has 0 saturated carbocycles. The minimum atomic E-state index is -0.432. The van der Waals surface area contributed by atoms with Gasteiger partial charge in [0.25, 0.3) is 11.8 Å². The van der Waals surface area contributed by atoms with Crippen molar-refractivity contribution in [2.75, 3.05) is 26.5 Å². The van der Waals surface area contributed by atoms with E-state index in [1.54, 1.807) is 42.1 Å². The van der Waals surface area contributed by atoms with E-state index in [0.717, 1.165) is 16.2 Å². The fourth-order valence-electron chi connectivity index (χ4n) is 3.00. The third kappa shape index (κ3) is 7.93. The summed E-state index contributed by atoms with van der Waals surface area (Å²) < 4.78 is 10.5. The molecule has 2 aromatic carbocycles. The molecule has 2 N–H and O–H groups in total. The van der Waals surface area contributed by atoms with Gasteiger partial charge in [-0.3, -0.25) is 9.59 Å². The van der Waals surface area contributed by atoms with Gasteiger partial charge < -0.3 is 20.1 Å². The smallest absolute Gasteiger partial charge is 0.267 e. The van der Waals surface area contributed by atoms with Crippen LogP contribution in [0.2, 0.25) is 10.0 Å². The molecule has 184 valence electrons. The Balaban J connectivity index is 1.61. The molecule has 3 rings (SSSR count). The second-order valence-electron chi connectivity index (χ2n) is 7.15. The van der Waals surface area contributed by atoms with E-state index >= 15 is 0 Å². The summed E-state index contributed by atoms with van der Waals surface area (Å²) in [4.78, 5) is 26.6. The Morgan fingerprint density at radius 3 is 2.51 bits per heavy atom. The van der Waals surface area contributed by atoms with Crippen molar-refractivity contribution in [3.63, 3.8) is 0 Å². The summed E-state index contributed by atoms with van der Waals surface area (Å²) in [6, 6.07) is 14.1. The summed E-state index contributed by atoms with van der Waals surface area (Å²) in [5.74, 6) is 1.55. The largest absolute Gasteiger partial charge is 0.493 e. The average molecular weight is 552 g/mol. The number of carbonyl (C=O) groups is 2. The number of nitrogens with one attached hydrogen (secondary N) is 2. The lowest BCUT2D eigenvalue weighted by Gasteiger charge is -2.12. The molecule has 3 aromatic rings. The molecular weight excluding hydrogens is 527 g/mol. The first kappa shape index (κ1) is 26.9. The number of methoxy groups -OCH3 is 2. The topological polar surface area (TPSA) is 76.7 Å². The summed E-state index contributed by atoms with van der Waals surface area (Å²) in [6.45, 7) is 0.429. The van der Waals surface area contributed by atoms with Crippen molar-refractivity contribution in [1.82, 2.24) is 10.6 Å². The lowest BCUT2D eigenvalue weighted by Crippen LogP contribution is -2.35. The Kier molecular flexibility index (Phi) is 10.3. The second kappa shape index (κ2) is 13.4. The van der Waals surface area contributed by atoms with Crippen LogP contribution in [0.1, 0.15) is 20.8 Å². The van der Waals surface area contributed by atoms with Crippen LogP contribution in [-0.4, -0.2) is 38.3 Å². The monoisotopic (exact) mass is 550 g/mol. The predicted octanol–water partition coefficient (Wildman–Crippen LogP) is 5.89. The first-order valence-corrected chi connectivity index (χ1v) is 13.3. The molecule has 1 aromatic heterocycles. The van der Waals surface area contributed by atoms with Gasteiger partial charge in [-0.05, 0) is 53.4 Å². The minimum Gasteiger partial charge on any atom is -0.493 e. The van der Waals surface area contributed by atoms with Crippen LogP contribution in [0.3, 0.4) is 0 Å². The zero-order chi connectivity index (χ0) is 25.2. The van der Waals surface area contributed by atoms with Crippen LogP contribution in [0.25, 0.3) is 6.08 Å². The fraction of sp³-hybridized carbons (Fsp3) is 0.200. The van der Waals surface area contributed by atoms with Crippen LogP contribution < -0.4 is 20.1 Å². The average Bonchev–Trinajstić information content (AvgIpc) is 3.38. The zero-order valence-electron chi connectivity index (χ0n) is 19.1. The fourth-order valence-corrected chi connectivity index (χ4v) is 4.78. The number of carbonyl (C=O) groups excluding carboxylic acids is 2. The van der Waals surface area contributed by atoms with Gasteiger partial charge in [-0.15, -0.1) is 11.3 Å². The van der Waals surface area contributed by atoms with Crippen LogP contribution in [0.4, 0.5) is 0 Å². The number of rotatable bonds is 11. The summed E-state index contributed by atoms with van der Waals surface area (Å²) in [5, 5.41) is 8.54. The number of thioether (sulfide) groups is 1. The van der Waals surface area contributed by atoms with E-state index in [4.69, 9.17) is 32.7 Å². The zero-order valence-corrected chi connectivity index (χ0v) is 22.2. The van der Waals surface area contributed by atoms with Gasteiger partial charge in [0, 0.05) is 28.5 Å². The highest BCUT2D eigenvalue weighted by atomic mass is 35.5. The molecule has 1 heterocycles. The highest BCUT2D eigenvalue weighted by molar-refractivity contribution is 7.98. The number of hydrogen-bond acceptors (Lipinski definition) is 6. The van der Waals surface area contributed by atoms with Gasteiger partial charge in [0.2, 0.25) is 0 Å². The predicted molar refractivity (Wildman–Crippen MR) is 145 cm³/mol. The normalized spacial score (nSPS) is 11.1. The van der Waals surface area contributed by atoms with Crippen molar-refractivity contribution >= 4 is 64.2 Å². The molecule has 0 aliphatic carbocycles. The summed E-state index contributed by atoms with van der Waals surface area (Å²) in [6.07, 6.45) is 1.65. The van der Waals surface area contributed by atoms with Crippen LogP contribution in [0.15, 0.2) is 59.6 Å². The first-order valence-electron chi connectivity index (χ1n) is 10.5. The Morgan fingerprint density at radius 1 is 1.03 bits per heavy atom. The standard InChI is InChI=1S/C25H24Cl2N2O4S2/c1-32-22-8-6-17(13-23(22)33-2)24(30)29-21(14-18-4-3-10-35-18)25(31)28-9-11-34-15-16-5-7-19(26)20(27)12-16/h3-8,10,12-14H,9,11,15H2,1-2H3,(H,28,31)(H,29,30)/b21-14-. The quantitative estimate of drug-likeness (QED) is 0.230. The molecule has 0 fully saturated rings. The maximum atomic E-state index is 12.9. The Bertz CT molecular complexity index is 1200. The Labute approximate surface area is 222 Å². The molecule has 0 saturated heterocycles. The molecule has 0 bridgehead atoms. The van der Waals surface area contributed by atoms with Gasteiger partial charge in [-0.2, -0.15) is 11.8 Å². The van der Waals surface area contributed by atoms with Crippen LogP contribution >= 0.6 is 46.3 Å². The molecule has 0 spiro atoms. The van der Waals surface area contributed by atoms with E-state index in [1.165, 1.54) is 25.6 Å². The molecule has 10 heteroatoms. The van der Waals surface area contributed by atoms with E-state index in [-0.39, 0.29) is 11.6 Å². The van der Waals surface area contributed by atoms with Crippen LogP contribution in [-0.2, 0) is 10.5 Å². The van der Waals surface area contributed by atoms with E-state index in [0.29, 0.717) is 39.4 Å². The number of ether oxygens (including phenoxy) is 2. The highest BCUT2D eigenvalue weighted by Crippen LogP contribution is 2.28. The molecule has 6 nitrogen and oxygen atoms in total. The molecular formula is C25H24Cl2N2O4S2. The second-order valence-corrected chi connectivity index (χ2v) is 10.1. The molecule has 0 aliphatic heterocycles. The van der Waals surface area contributed by atoms with Crippen LogP contribution in [0, 0.1) is 0 Å². The van der Waals surface area contributed by atoms with E-state index in [2.05, 4.69) is 10.6 Å². The lowest BCUT2D eigenvalue weighted by molar-refractivity contribution is -0.117. The van der Waals surface area contributed by atoms with Gasteiger partial charge in [-0.1, -0.05) is 35.3 Å². The SMILES string of the molecule is COc1ccc(C(=O)N/C(=C\c2cccs2)C(=O)NCCSCc2ccc(Cl)c(Cl)c2)cc1OC. The van der Waals surface area contributed by atoms with Gasteiger partial charge in [0.05, 0.1) is 24.3 Å². The van der Waals surface area contributed by atoms with Crippen molar-refractivity contribution < 1.29 is 19.1 Å². The summed E-state index contributed by atoms with van der Waals surface area (Å²) in [7, 11) is 3.02. The number of halogens is 2. The van der Waals surface area contributed by atoms with Crippen molar-refractivity contribution in [1.29, 1.82) is 0 Å². The van der Waals surface area contributed by atoms with Gasteiger partial charge in [-0.25, -0.2) is 0 Å². The molecule has 35 heavy (non-hydrogen) atoms. The molecule has 0 aliphatic rings. The number of amides is 2. The Morgan fingerprint density at radius 2 is 1.83 bits per heavy atom. The molecule has 0 unspecified atom stereocenters. The number of thiophene rings is 1. The molecule has 2 amide bonds. The summed E-state index contributed by atoms with van der Waals surface area (Å²) in [5.41, 5.74) is 1.54. The van der Waals surface area contributed by atoms with Gasteiger partial charge >= 0.3 is 0 Å². The first-order chi connectivity index (χ1) is 16.9. The maximum absolute atomic E-state index is 12.9. The van der Waals surface area contributed by atoms with Crippen molar-refractivity contribution in [2.24, 2.45) is 0 Å². The van der Waals surface area contributed by atoms with E-state index in [1.807, 2.05) is 29.6 Å². The lowest BCUT2D eigenvalue weighted by atomic mass is 10.1. The third-order valence-electron chi connectivity index (χ3n) is 4.75. The van der Waals surface area contributed by atoms with Crippen molar-refractivity contribution in [3.8, 4) is 11.5 Å². The Hall–Kier alpha value is -2.65. The molecule has 0 atom stereocenters. The third-order valence-corrected chi connectivity index (χ3v) is 7.34. The van der Waals surface area contributed by atoms with Gasteiger partial charge in [0.15, 0.2) is 11.5 Å². The van der Waals surface area contributed by atoms with E-state index < -0.39 is 5.91 Å². The van der Waals surface area contributed by atoms with Crippen molar-refractivity contribution in [3.05, 3.63) is 85.7 Å². The number of benzene rings is 2.